The van der Waals surface area contributed by atoms with E-state index in [4.69, 9.17) is 4.74 Å². The van der Waals surface area contributed by atoms with Crippen LogP contribution in [0.3, 0.4) is 0 Å². The van der Waals surface area contributed by atoms with Crippen molar-refractivity contribution < 1.29 is 14.6 Å². The molecule has 0 spiro atoms. The van der Waals surface area contributed by atoms with Crippen LogP contribution in [-0.2, 0) is 4.79 Å². The third-order valence-corrected chi connectivity index (χ3v) is 2.91. The summed E-state index contributed by atoms with van der Waals surface area (Å²) < 4.78 is 5.17. The van der Waals surface area contributed by atoms with Crippen molar-refractivity contribution in [2.24, 2.45) is 5.92 Å². The van der Waals surface area contributed by atoms with Gasteiger partial charge in [-0.2, -0.15) is 0 Å². The van der Waals surface area contributed by atoms with Crippen LogP contribution < -0.4 is 15.4 Å². The van der Waals surface area contributed by atoms with Crippen LogP contribution in [0.25, 0.3) is 0 Å². The van der Waals surface area contributed by atoms with E-state index < -0.39 is 0 Å². The Hall–Kier alpha value is -1.59. The molecule has 0 fully saturated rings. The van der Waals surface area contributed by atoms with Gasteiger partial charge in [0.05, 0.1) is 25.9 Å². The number of rotatable bonds is 8. The molecule has 0 saturated carbocycles. The van der Waals surface area contributed by atoms with E-state index in [2.05, 4.69) is 24.5 Å². The fraction of sp³-hybridized carbons (Fsp3) is 0.533. The van der Waals surface area contributed by atoms with Crippen molar-refractivity contribution in [2.75, 3.05) is 25.6 Å². The van der Waals surface area contributed by atoms with E-state index >= 15 is 0 Å². The van der Waals surface area contributed by atoms with Crippen LogP contribution in [0, 0.1) is 5.92 Å². The van der Waals surface area contributed by atoms with Crippen LogP contribution in [0.5, 0.6) is 5.75 Å². The fourth-order valence-corrected chi connectivity index (χ4v) is 1.97. The molecule has 0 aliphatic heterocycles. The number of benzene rings is 1. The molecule has 0 aliphatic carbocycles. The van der Waals surface area contributed by atoms with E-state index in [-0.39, 0.29) is 25.1 Å². The van der Waals surface area contributed by atoms with Gasteiger partial charge in [-0.05, 0) is 24.5 Å². The standard InChI is InChI=1S/C15H24N2O3/c1-11(2)8-12(10-18)16-9-15(19)17-13-6-4-5-7-14(13)20-3/h4-7,11-12,16,18H,8-10H2,1-3H3,(H,17,19). The molecule has 0 bridgehead atoms. The molecular weight excluding hydrogens is 256 g/mol. The SMILES string of the molecule is COc1ccccc1NC(=O)CNC(CO)CC(C)C. The maximum atomic E-state index is 11.9. The van der Waals surface area contributed by atoms with Gasteiger partial charge in [-0.25, -0.2) is 0 Å². The highest BCUT2D eigenvalue weighted by Gasteiger charge is 2.12. The normalized spacial score (nSPS) is 12.2. The van der Waals surface area contributed by atoms with Crippen molar-refractivity contribution in [3.8, 4) is 5.75 Å². The Kier molecular flexibility index (Phi) is 7.04. The number of para-hydroxylation sites is 2. The Balaban J connectivity index is 2.47. The van der Waals surface area contributed by atoms with Gasteiger partial charge in [0.1, 0.15) is 5.75 Å². The van der Waals surface area contributed by atoms with Gasteiger partial charge in [-0.3, -0.25) is 4.79 Å². The smallest absolute Gasteiger partial charge is 0.238 e. The number of carbonyl (C=O) groups is 1. The summed E-state index contributed by atoms with van der Waals surface area (Å²) in [7, 11) is 1.56. The summed E-state index contributed by atoms with van der Waals surface area (Å²) >= 11 is 0. The molecule has 1 aromatic rings. The number of hydrogen-bond acceptors (Lipinski definition) is 4. The average Bonchev–Trinajstić information content (AvgIpc) is 2.43. The van der Waals surface area contributed by atoms with E-state index in [9.17, 15) is 9.90 Å². The van der Waals surface area contributed by atoms with Crippen LogP contribution in [0.1, 0.15) is 20.3 Å². The van der Waals surface area contributed by atoms with Crippen LogP contribution in [-0.4, -0.2) is 37.3 Å². The van der Waals surface area contributed by atoms with Crippen molar-refractivity contribution in [3.05, 3.63) is 24.3 Å². The summed E-state index contributed by atoms with van der Waals surface area (Å²) in [4.78, 5) is 11.9. The molecule has 1 atom stereocenters. The lowest BCUT2D eigenvalue weighted by Crippen LogP contribution is -2.39. The molecule has 3 N–H and O–H groups in total. The van der Waals surface area contributed by atoms with Gasteiger partial charge < -0.3 is 20.5 Å². The van der Waals surface area contributed by atoms with Crippen molar-refractivity contribution in [2.45, 2.75) is 26.3 Å². The number of nitrogens with one attached hydrogen (secondary N) is 2. The third kappa shape index (κ3) is 5.59. The summed E-state index contributed by atoms with van der Waals surface area (Å²) in [5.74, 6) is 0.940. The maximum absolute atomic E-state index is 11.9. The van der Waals surface area contributed by atoms with Gasteiger partial charge in [-0.15, -0.1) is 0 Å². The molecule has 5 nitrogen and oxygen atoms in total. The zero-order valence-corrected chi connectivity index (χ0v) is 12.3. The highest BCUT2D eigenvalue weighted by atomic mass is 16.5. The Morgan fingerprint density at radius 1 is 1.35 bits per heavy atom. The summed E-state index contributed by atoms with van der Waals surface area (Å²) in [6.45, 7) is 4.36. The average molecular weight is 280 g/mol. The largest absolute Gasteiger partial charge is 0.495 e. The first kappa shape index (κ1) is 16.5. The predicted octanol–water partition coefficient (Wildman–Crippen LogP) is 1.63. The second kappa shape index (κ2) is 8.55. The Morgan fingerprint density at radius 2 is 2.05 bits per heavy atom. The van der Waals surface area contributed by atoms with Crippen LogP contribution in [0.4, 0.5) is 5.69 Å². The number of aliphatic hydroxyl groups excluding tert-OH is 1. The predicted molar refractivity (Wildman–Crippen MR) is 80.0 cm³/mol. The summed E-state index contributed by atoms with van der Waals surface area (Å²) in [6, 6.07) is 7.20. The molecule has 0 aliphatic rings. The van der Waals surface area contributed by atoms with Crippen molar-refractivity contribution >= 4 is 11.6 Å². The topological polar surface area (TPSA) is 70.6 Å². The molecule has 1 rings (SSSR count). The van der Waals surface area contributed by atoms with Gasteiger partial charge in [0.2, 0.25) is 5.91 Å². The first-order chi connectivity index (χ1) is 9.56. The molecule has 5 heteroatoms. The Labute approximate surface area is 120 Å². The highest BCUT2D eigenvalue weighted by molar-refractivity contribution is 5.93. The first-order valence-electron chi connectivity index (χ1n) is 6.84. The zero-order valence-electron chi connectivity index (χ0n) is 12.3. The number of ether oxygens (including phenoxy) is 1. The van der Waals surface area contributed by atoms with Gasteiger partial charge >= 0.3 is 0 Å². The minimum Gasteiger partial charge on any atom is -0.495 e. The molecule has 0 saturated heterocycles. The molecule has 0 radical (unpaired) electrons. The lowest BCUT2D eigenvalue weighted by atomic mass is 10.0. The number of anilines is 1. The Bertz CT molecular complexity index is 421. The number of hydrogen-bond donors (Lipinski definition) is 3. The van der Waals surface area contributed by atoms with Gasteiger partial charge in [0, 0.05) is 6.04 Å². The molecule has 1 unspecified atom stereocenters. The third-order valence-electron chi connectivity index (χ3n) is 2.91. The zero-order chi connectivity index (χ0) is 15.0. The molecule has 0 heterocycles. The molecule has 1 amide bonds. The van der Waals surface area contributed by atoms with Crippen molar-refractivity contribution in [3.63, 3.8) is 0 Å². The summed E-state index contributed by atoms with van der Waals surface area (Å²) in [5, 5.41) is 15.1. The van der Waals surface area contributed by atoms with E-state index in [0.29, 0.717) is 17.4 Å². The van der Waals surface area contributed by atoms with Crippen molar-refractivity contribution in [1.82, 2.24) is 5.32 Å². The van der Waals surface area contributed by atoms with E-state index in [0.717, 1.165) is 6.42 Å². The number of amides is 1. The fourth-order valence-electron chi connectivity index (χ4n) is 1.97. The molecular formula is C15H24N2O3. The second-order valence-electron chi connectivity index (χ2n) is 5.14. The van der Waals surface area contributed by atoms with Gasteiger partial charge in [0.25, 0.3) is 0 Å². The van der Waals surface area contributed by atoms with Gasteiger partial charge in [-0.1, -0.05) is 26.0 Å². The quantitative estimate of drug-likeness (QED) is 0.677. The minimum atomic E-state index is -0.156. The Morgan fingerprint density at radius 3 is 2.65 bits per heavy atom. The van der Waals surface area contributed by atoms with Crippen molar-refractivity contribution in [1.29, 1.82) is 0 Å². The van der Waals surface area contributed by atoms with Crippen LogP contribution in [0.15, 0.2) is 24.3 Å². The lowest BCUT2D eigenvalue weighted by molar-refractivity contribution is -0.115. The minimum absolute atomic E-state index is 0.0279. The van der Waals surface area contributed by atoms with Crippen LogP contribution >= 0.6 is 0 Å². The summed E-state index contributed by atoms with van der Waals surface area (Å²) in [6.07, 6.45) is 0.832. The second-order valence-corrected chi connectivity index (χ2v) is 5.14. The number of carbonyl (C=O) groups excluding carboxylic acids is 1. The van der Waals surface area contributed by atoms with E-state index in [1.165, 1.54) is 0 Å². The highest BCUT2D eigenvalue weighted by Crippen LogP contribution is 2.22. The molecule has 112 valence electrons. The molecule has 0 aromatic heterocycles. The van der Waals surface area contributed by atoms with E-state index in [1.54, 1.807) is 19.2 Å². The van der Waals surface area contributed by atoms with E-state index in [1.807, 2.05) is 12.1 Å². The maximum Gasteiger partial charge on any atom is 0.238 e. The first-order valence-corrected chi connectivity index (χ1v) is 6.84. The number of aliphatic hydroxyl groups is 1. The molecule has 20 heavy (non-hydrogen) atoms. The van der Waals surface area contributed by atoms with Crippen LogP contribution in [0.2, 0.25) is 0 Å². The lowest BCUT2D eigenvalue weighted by Gasteiger charge is -2.18. The number of methoxy groups -OCH3 is 1. The monoisotopic (exact) mass is 280 g/mol. The molecule has 1 aromatic carbocycles. The summed E-state index contributed by atoms with van der Waals surface area (Å²) in [5.41, 5.74) is 0.645. The van der Waals surface area contributed by atoms with Gasteiger partial charge in [0.15, 0.2) is 0 Å².